The summed E-state index contributed by atoms with van der Waals surface area (Å²) in [4.78, 5) is 15.8. The van der Waals surface area contributed by atoms with Crippen LogP contribution in [-0.4, -0.2) is 28.1 Å². The van der Waals surface area contributed by atoms with Crippen molar-refractivity contribution in [3.63, 3.8) is 0 Å². The number of hydrogen-bond donors (Lipinski definition) is 3. The lowest BCUT2D eigenvalue weighted by Crippen LogP contribution is -2.55. The molecule has 9 heteroatoms. The normalized spacial score (nSPS) is 14.5. The summed E-state index contributed by atoms with van der Waals surface area (Å²) in [7, 11) is 1.46. The van der Waals surface area contributed by atoms with E-state index in [4.69, 9.17) is 16.3 Å². The van der Waals surface area contributed by atoms with Gasteiger partial charge in [-0.3, -0.25) is 9.78 Å². The Bertz CT molecular complexity index is 1160. The number of methoxy groups -OCH3 is 1. The molecule has 3 aromatic rings. The van der Waals surface area contributed by atoms with Crippen molar-refractivity contribution in [1.82, 2.24) is 10.1 Å². The van der Waals surface area contributed by atoms with Gasteiger partial charge >= 0.3 is 11.3 Å². The summed E-state index contributed by atoms with van der Waals surface area (Å²) in [5.74, 6) is 0.812. The molecular formula is C20H18ClN4O3S+. The molecular weight excluding hydrogens is 412 g/mol. The SMILES string of the molecule is C=CCSc1n[n+]2c(c(=O)[nH]1)-c1ccccc1N[C@@H]2c1cc(OC)c(O)cc1Cl. The number of fused-ring (bicyclic) bond motifs is 3. The van der Waals surface area contributed by atoms with Crippen molar-refractivity contribution in [3.05, 3.63) is 70.0 Å². The molecule has 7 nitrogen and oxygen atoms in total. The third kappa shape index (κ3) is 3.45. The van der Waals surface area contributed by atoms with Crippen molar-refractivity contribution in [2.75, 3.05) is 18.2 Å². The molecule has 3 N–H and O–H groups in total. The summed E-state index contributed by atoms with van der Waals surface area (Å²) in [6.07, 6.45) is 1.16. The Labute approximate surface area is 176 Å². The van der Waals surface area contributed by atoms with E-state index in [1.165, 1.54) is 24.9 Å². The van der Waals surface area contributed by atoms with E-state index in [9.17, 15) is 9.90 Å². The molecule has 29 heavy (non-hydrogen) atoms. The van der Waals surface area contributed by atoms with Gasteiger partial charge in [0.25, 0.3) is 6.17 Å². The molecule has 1 atom stereocenters. The molecule has 148 valence electrons. The molecule has 0 amide bonds. The largest absolute Gasteiger partial charge is 0.504 e. The van der Waals surface area contributed by atoms with Crippen molar-refractivity contribution in [2.45, 2.75) is 11.3 Å². The molecule has 2 aromatic carbocycles. The Morgan fingerprint density at radius 1 is 1.41 bits per heavy atom. The second kappa shape index (κ2) is 7.81. The minimum atomic E-state index is -0.577. The monoisotopic (exact) mass is 429 g/mol. The third-order valence-electron chi connectivity index (χ3n) is 4.51. The molecule has 0 fully saturated rings. The predicted molar refractivity (Wildman–Crippen MR) is 113 cm³/mol. The molecule has 0 saturated carbocycles. The topological polar surface area (TPSA) is 91.1 Å². The van der Waals surface area contributed by atoms with Gasteiger partial charge in [-0.05, 0) is 22.9 Å². The van der Waals surface area contributed by atoms with E-state index in [0.717, 1.165) is 11.3 Å². The number of aromatic nitrogens is 3. The number of aromatic amines is 1. The van der Waals surface area contributed by atoms with Crippen LogP contribution in [0.3, 0.4) is 0 Å². The number of rotatable bonds is 5. The average Bonchev–Trinajstić information content (AvgIpc) is 2.71. The molecule has 0 spiro atoms. The zero-order valence-corrected chi connectivity index (χ0v) is 17.0. The zero-order chi connectivity index (χ0) is 20.5. The minimum Gasteiger partial charge on any atom is -0.504 e. The van der Waals surface area contributed by atoms with E-state index in [0.29, 0.717) is 27.2 Å². The fourth-order valence-corrected chi connectivity index (χ4v) is 4.08. The van der Waals surface area contributed by atoms with Crippen LogP contribution >= 0.6 is 23.4 Å². The van der Waals surface area contributed by atoms with Gasteiger partial charge in [0.2, 0.25) is 5.16 Å². The lowest BCUT2D eigenvalue weighted by molar-refractivity contribution is -0.759. The highest BCUT2D eigenvalue weighted by Crippen LogP contribution is 2.38. The Kier molecular flexibility index (Phi) is 5.21. The van der Waals surface area contributed by atoms with Gasteiger partial charge in [-0.1, -0.05) is 41.6 Å². The summed E-state index contributed by atoms with van der Waals surface area (Å²) in [5.41, 5.74) is 2.28. The minimum absolute atomic E-state index is 0.0659. The van der Waals surface area contributed by atoms with Crippen LogP contribution in [-0.2, 0) is 0 Å². The first-order valence-corrected chi connectivity index (χ1v) is 10.1. The number of ether oxygens (including phenoxy) is 1. The third-order valence-corrected chi connectivity index (χ3v) is 5.70. The zero-order valence-electron chi connectivity index (χ0n) is 15.5. The fraction of sp³-hybridized carbons (Fsp3) is 0.150. The van der Waals surface area contributed by atoms with Gasteiger partial charge in [-0.2, -0.15) is 0 Å². The van der Waals surface area contributed by atoms with E-state index < -0.39 is 6.17 Å². The Balaban J connectivity index is 1.96. The fourth-order valence-electron chi connectivity index (χ4n) is 3.23. The molecule has 0 saturated heterocycles. The number of phenolic OH excluding ortho intramolecular Hbond substituents is 1. The summed E-state index contributed by atoms with van der Waals surface area (Å²) < 4.78 is 6.86. The first kappa shape index (κ1) is 19.4. The van der Waals surface area contributed by atoms with E-state index in [1.807, 2.05) is 24.3 Å². The van der Waals surface area contributed by atoms with Gasteiger partial charge in [0.05, 0.1) is 28.9 Å². The summed E-state index contributed by atoms with van der Waals surface area (Å²) >= 11 is 7.82. The van der Waals surface area contributed by atoms with Crippen LogP contribution in [0.25, 0.3) is 11.3 Å². The second-order valence-electron chi connectivity index (χ2n) is 6.29. The van der Waals surface area contributed by atoms with E-state index in [1.54, 1.807) is 16.8 Å². The lowest BCUT2D eigenvalue weighted by atomic mass is 10.0. The molecule has 4 rings (SSSR count). The molecule has 0 radical (unpaired) electrons. The van der Waals surface area contributed by atoms with Gasteiger partial charge in [-0.15, -0.1) is 6.58 Å². The van der Waals surface area contributed by atoms with Crippen LogP contribution in [0, 0.1) is 0 Å². The maximum absolute atomic E-state index is 13.0. The number of para-hydroxylation sites is 1. The molecule has 2 heterocycles. The van der Waals surface area contributed by atoms with Crippen LogP contribution in [0.2, 0.25) is 5.02 Å². The number of nitrogens with one attached hydrogen (secondary N) is 2. The molecule has 0 unspecified atom stereocenters. The molecule has 1 aromatic heterocycles. The van der Waals surface area contributed by atoms with Gasteiger partial charge < -0.3 is 15.2 Å². The van der Waals surface area contributed by atoms with Gasteiger partial charge in [0.1, 0.15) is 0 Å². The van der Waals surface area contributed by atoms with Gasteiger partial charge in [0.15, 0.2) is 11.5 Å². The maximum atomic E-state index is 13.0. The van der Waals surface area contributed by atoms with Crippen molar-refractivity contribution in [1.29, 1.82) is 0 Å². The number of anilines is 1. The van der Waals surface area contributed by atoms with Crippen LogP contribution in [0.4, 0.5) is 5.69 Å². The quantitative estimate of drug-likeness (QED) is 0.327. The number of halogens is 1. The molecule has 0 bridgehead atoms. The number of benzene rings is 2. The highest BCUT2D eigenvalue weighted by molar-refractivity contribution is 7.99. The molecule has 1 aliphatic rings. The second-order valence-corrected chi connectivity index (χ2v) is 7.71. The number of H-pyrrole nitrogens is 1. The van der Waals surface area contributed by atoms with Gasteiger partial charge in [0, 0.05) is 16.9 Å². The lowest BCUT2D eigenvalue weighted by Gasteiger charge is -2.23. The summed E-state index contributed by atoms with van der Waals surface area (Å²) in [6, 6.07) is 10.5. The summed E-state index contributed by atoms with van der Waals surface area (Å²) in [6.45, 7) is 3.70. The first-order valence-electron chi connectivity index (χ1n) is 8.75. The Morgan fingerprint density at radius 2 is 2.21 bits per heavy atom. The number of aromatic hydroxyl groups is 1. The van der Waals surface area contributed by atoms with Crippen LogP contribution in [0.1, 0.15) is 11.7 Å². The predicted octanol–water partition coefficient (Wildman–Crippen LogP) is 3.34. The number of hydrogen-bond acceptors (Lipinski definition) is 6. The average molecular weight is 430 g/mol. The van der Waals surface area contributed by atoms with Crippen molar-refractivity contribution < 1.29 is 14.5 Å². The number of thioether (sulfide) groups is 1. The number of nitrogens with zero attached hydrogens (tertiary/aromatic N) is 2. The highest BCUT2D eigenvalue weighted by atomic mass is 35.5. The maximum Gasteiger partial charge on any atom is 0.325 e. The standard InChI is InChI=1S/C20H17ClN4O3S/c1-3-8-29-20-23-19(27)17-11-6-4-5-7-14(11)22-18(25(17)24-20)12-9-16(28-2)15(26)10-13(12)21/h3-7,9-10,18H,1,8H2,2H3,(H2,23,24,26,27)/p+1/t18-/m0/s1. The van der Waals surface area contributed by atoms with Crippen molar-refractivity contribution >= 4 is 29.1 Å². The highest BCUT2D eigenvalue weighted by Gasteiger charge is 2.39. The van der Waals surface area contributed by atoms with Crippen LogP contribution < -0.4 is 20.3 Å². The molecule has 0 aliphatic carbocycles. The Morgan fingerprint density at radius 3 is 2.97 bits per heavy atom. The van der Waals surface area contributed by atoms with Gasteiger partial charge in [-0.25, -0.2) is 0 Å². The number of phenols is 1. The van der Waals surface area contributed by atoms with Crippen molar-refractivity contribution in [2.24, 2.45) is 0 Å². The Hall–Kier alpha value is -2.97. The molecule has 1 aliphatic heterocycles. The van der Waals surface area contributed by atoms with E-state index in [2.05, 4.69) is 22.0 Å². The van der Waals surface area contributed by atoms with E-state index in [-0.39, 0.29) is 17.1 Å². The van der Waals surface area contributed by atoms with E-state index >= 15 is 0 Å². The smallest absolute Gasteiger partial charge is 0.325 e. The van der Waals surface area contributed by atoms with Crippen LogP contribution in [0.15, 0.2) is 59.0 Å². The first-order chi connectivity index (χ1) is 14.0. The van der Waals surface area contributed by atoms with Crippen LogP contribution in [0.5, 0.6) is 11.5 Å². The summed E-state index contributed by atoms with van der Waals surface area (Å²) in [5, 5.41) is 18.8. The van der Waals surface area contributed by atoms with Crippen molar-refractivity contribution in [3.8, 4) is 22.8 Å².